The maximum Gasteiger partial charge on any atom is 0.253 e. The van der Waals surface area contributed by atoms with Crippen LogP contribution in [0.4, 0.5) is 5.69 Å². The molecule has 0 saturated carbocycles. The number of rotatable bonds is 5. The lowest BCUT2D eigenvalue weighted by Gasteiger charge is -2.25. The lowest BCUT2D eigenvalue weighted by Crippen LogP contribution is -2.42. The minimum absolute atomic E-state index is 0.154. The molecule has 0 spiro atoms. The smallest absolute Gasteiger partial charge is 0.253 e. The van der Waals surface area contributed by atoms with Gasteiger partial charge in [-0.05, 0) is 25.0 Å². The van der Waals surface area contributed by atoms with E-state index in [4.69, 9.17) is 28.9 Å². The lowest BCUT2D eigenvalue weighted by atomic mass is 9.97. The number of carbonyl (C=O) groups is 1. The third-order valence-electron chi connectivity index (χ3n) is 3.19. The van der Waals surface area contributed by atoms with Crippen LogP contribution < -0.4 is 11.1 Å². The highest BCUT2D eigenvalue weighted by Gasteiger charge is 2.24. The molecule has 4 nitrogen and oxygen atoms in total. The van der Waals surface area contributed by atoms with Crippen molar-refractivity contribution < 1.29 is 9.90 Å². The predicted molar refractivity (Wildman–Crippen MR) is 78.7 cm³/mol. The van der Waals surface area contributed by atoms with Crippen molar-refractivity contribution in [2.24, 2.45) is 0 Å². The van der Waals surface area contributed by atoms with E-state index in [1.54, 1.807) is 0 Å². The number of nitrogens with one attached hydrogen (secondary N) is 1. The van der Waals surface area contributed by atoms with Gasteiger partial charge < -0.3 is 16.2 Å². The number of hydrogen-bond acceptors (Lipinski definition) is 3. The molecule has 6 heteroatoms. The molecule has 1 aromatic carbocycles. The summed E-state index contributed by atoms with van der Waals surface area (Å²) >= 11 is 11.8. The zero-order chi connectivity index (χ0) is 14.6. The van der Waals surface area contributed by atoms with Crippen LogP contribution in [0.15, 0.2) is 12.1 Å². The second-order valence-electron chi connectivity index (χ2n) is 4.48. The van der Waals surface area contributed by atoms with Crippen LogP contribution in [0.25, 0.3) is 0 Å². The summed E-state index contributed by atoms with van der Waals surface area (Å²) in [5.41, 5.74) is 5.29. The Bertz CT molecular complexity index is 474. The molecule has 19 heavy (non-hydrogen) atoms. The van der Waals surface area contributed by atoms with Gasteiger partial charge in [0.2, 0.25) is 0 Å². The Balaban J connectivity index is 2.85. The van der Waals surface area contributed by atoms with Crippen LogP contribution >= 0.6 is 23.2 Å². The van der Waals surface area contributed by atoms with Gasteiger partial charge in [0.05, 0.1) is 21.2 Å². The topological polar surface area (TPSA) is 75.3 Å². The van der Waals surface area contributed by atoms with Crippen molar-refractivity contribution in [2.75, 3.05) is 12.3 Å². The van der Waals surface area contributed by atoms with E-state index in [1.807, 2.05) is 13.8 Å². The van der Waals surface area contributed by atoms with Crippen LogP contribution in [0.2, 0.25) is 10.0 Å². The molecular weight excluding hydrogens is 287 g/mol. The first-order valence-corrected chi connectivity index (χ1v) is 6.83. The van der Waals surface area contributed by atoms with Gasteiger partial charge >= 0.3 is 0 Å². The normalized spacial score (nSPS) is 11.4. The maximum atomic E-state index is 12.0. The van der Waals surface area contributed by atoms with Crippen LogP contribution in [0.1, 0.15) is 37.0 Å². The summed E-state index contributed by atoms with van der Waals surface area (Å²) in [4.78, 5) is 12.0. The highest BCUT2D eigenvalue weighted by molar-refractivity contribution is 6.44. The summed E-state index contributed by atoms with van der Waals surface area (Å²) in [6.07, 6.45) is 1.10. The first-order valence-electron chi connectivity index (χ1n) is 6.08. The highest BCUT2D eigenvalue weighted by Crippen LogP contribution is 2.28. The number of aliphatic hydroxyl groups is 1. The number of carbonyl (C=O) groups excluding carboxylic acids is 1. The average Bonchev–Trinajstić information content (AvgIpc) is 2.39. The molecule has 0 bridgehead atoms. The Hall–Kier alpha value is -0.970. The van der Waals surface area contributed by atoms with E-state index < -0.39 is 11.5 Å². The summed E-state index contributed by atoms with van der Waals surface area (Å²) in [5, 5.41) is 13.1. The van der Waals surface area contributed by atoms with Gasteiger partial charge in [-0.25, -0.2) is 0 Å². The second-order valence-corrected chi connectivity index (χ2v) is 5.26. The van der Waals surface area contributed by atoms with Gasteiger partial charge in [0.1, 0.15) is 0 Å². The Morgan fingerprint density at radius 1 is 1.37 bits per heavy atom. The van der Waals surface area contributed by atoms with Gasteiger partial charge in [-0.15, -0.1) is 0 Å². The second kappa shape index (κ2) is 6.46. The van der Waals surface area contributed by atoms with Crippen LogP contribution in [-0.4, -0.2) is 23.2 Å². The Morgan fingerprint density at radius 3 is 2.47 bits per heavy atom. The summed E-state index contributed by atoms with van der Waals surface area (Å²) in [7, 11) is 0. The SMILES string of the molecule is CCC(O)(CC)CNC(=O)c1cc(N)cc(Cl)c1Cl. The number of hydrogen-bond donors (Lipinski definition) is 3. The monoisotopic (exact) mass is 304 g/mol. The third kappa shape index (κ3) is 4.00. The van der Waals surface area contributed by atoms with E-state index in [9.17, 15) is 9.90 Å². The molecule has 0 heterocycles. The predicted octanol–water partition coefficient (Wildman–Crippen LogP) is 2.86. The summed E-state index contributed by atoms with van der Waals surface area (Å²) < 4.78 is 0. The molecule has 0 saturated heterocycles. The van der Waals surface area contributed by atoms with E-state index in [-0.39, 0.29) is 22.2 Å². The van der Waals surface area contributed by atoms with Gasteiger partial charge in [0.15, 0.2) is 0 Å². The first-order chi connectivity index (χ1) is 8.83. The van der Waals surface area contributed by atoms with Crippen molar-refractivity contribution in [3.8, 4) is 0 Å². The molecule has 4 N–H and O–H groups in total. The average molecular weight is 305 g/mol. The fourth-order valence-corrected chi connectivity index (χ4v) is 2.04. The van der Waals surface area contributed by atoms with Crippen LogP contribution in [-0.2, 0) is 0 Å². The number of benzene rings is 1. The fraction of sp³-hybridized carbons (Fsp3) is 0.462. The number of nitrogen functional groups attached to an aromatic ring is 1. The quantitative estimate of drug-likeness (QED) is 0.732. The Kier molecular flexibility index (Phi) is 5.47. The standard InChI is InChI=1S/C13H18Cl2N2O2/c1-3-13(19,4-2)7-17-12(18)9-5-8(16)6-10(14)11(9)15/h5-6,19H,3-4,7,16H2,1-2H3,(H,17,18). The van der Waals surface area contributed by atoms with Crippen molar-refractivity contribution in [1.82, 2.24) is 5.32 Å². The highest BCUT2D eigenvalue weighted by atomic mass is 35.5. The minimum Gasteiger partial charge on any atom is -0.399 e. The fourth-order valence-electron chi connectivity index (χ4n) is 1.62. The van der Waals surface area contributed by atoms with Crippen molar-refractivity contribution in [3.05, 3.63) is 27.7 Å². The lowest BCUT2D eigenvalue weighted by molar-refractivity contribution is 0.0314. The molecule has 1 aromatic rings. The zero-order valence-electron chi connectivity index (χ0n) is 11.0. The molecule has 0 aromatic heterocycles. The summed E-state index contributed by atoms with van der Waals surface area (Å²) in [6.45, 7) is 3.88. The molecular formula is C13H18Cl2N2O2. The molecule has 0 radical (unpaired) electrons. The Morgan fingerprint density at radius 2 is 1.95 bits per heavy atom. The molecule has 0 aliphatic heterocycles. The zero-order valence-corrected chi connectivity index (χ0v) is 12.5. The molecule has 106 valence electrons. The molecule has 1 rings (SSSR count). The first kappa shape index (κ1) is 16.1. The molecule has 0 atom stereocenters. The number of halogens is 2. The van der Waals surface area contributed by atoms with Gasteiger partial charge in [-0.3, -0.25) is 4.79 Å². The van der Waals surface area contributed by atoms with Crippen LogP contribution in [0.3, 0.4) is 0 Å². The number of amides is 1. The van der Waals surface area contributed by atoms with E-state index in [2.05, 4.69) is 5.32 Å². The van der Waals surface area contributed by atoms with E-state index in [0.717, 1.165) is 0 Å². The minimum atomic E-state index is -0.910. The summed E-state index contributed by atoms with van der Waals surface area (Å²) in [5.74, 6) is -0.403. The van der Waals surface area contributed by atoms with Crippen molar-refractivity contribution >= 4 is 34.8 Å². The van der Waals surface area contributed by atoms with Crippen LogP contribution in [0, 0.1) is 0 Å². The van der Waals surface area contributed by atoms with Crippen molar-refractivity contribution in [1.29, 1.82) is 0 Å². The number of nitrogens with two attached hydrogens (primary N) is 1. The maximum absolute atomic E-state index is 12.0. The molecule has 1 amide bonds. The largest absolute Gasteiger partial charge is 0.399 e. The van der Waals surface area contributed by atoms with Gasteiger partial charge in [-0.2, -0.15) is 0 Å². The van der Waals surface area contributed by atoms with Crippen molar-refractivity contribution in [2.45, 2.75) is 32.3 Å². The third-order valence-corrected chi connectivity index (χ3v) is 3.99. The van der Waals surface area contributed by atoms with Gasteiger partial charge in [0, 0.05) is 12.2 Å². The van der Waals surface area contributed by atoms with Gasteiger partial charge in [0.25, 0.3) is 5.91 Å². The number of anilines is 1. The van der Waals surface area contributed by atoms with E-state index >= 15 is 0 Å². The van der Waals surface area contributed by atoms with Crippen LogP contribution in [0.5, 0.6) is 0 Å². The van der Waals surface area contributed by atoms with E-state index in [0.29, 0.717) is 18.5 Å². The molecule has 0 unspecified atom stereocenters. The molecule has 0 fully saturated rings. The van der Waals surface area contributed by atoms with E-state index in [1.165, 1.54) is 12.1 Å². The summed E-state index contributed by atoms with van der Waals surface area (Å²) in [6, 6.07) is 2.94. The van der Waals surface area contributed by atoms with Crippen molar-refractivity contribution in [3.63, 3.8) is 0 Å². The molecule has 0 aliphatic rings. The Labute approximate surface area is 122 Å². The molecule has 0 aliphatic carbocycles. The van der Waals surface area contributed by atoms with Gasteiger partial charge in [-0.1, -0.05) is 37.0 Å².